The second-order valence-corrected chi connectivity index (χ2v) is 5.98. The van der Waals surface area contributed by atoms with Gasteiger partial charge >= 0.3 is 0 Å². The zero-order valence-electron chi connectivity index (χ0n) is 15.1. The Morgan fingerprint density at radius 2 is 1.67 bits per heavy atom. The molecule has 1 atom stereocenters. The molecule has 0 radical (unpaired) electrons. The molecule has 0 aromatic heterocycles. The number of ether oxygens (including phenoxy) is 3. The molecule has 1 aliphatic heterocycles. The molecule has 8 nitrogen and oxygen atoms in total. The normalized spacial score (nSPS) is 13.0. The van der Waals surface area contributed by atoms with Crippen LogP contribution in [-0.4, -0.2) is 38.4 Å². The molecule has 0 aliphatic carbocycles. The van der Waals surface area contributed by atoms with E-state index in [1.54, 1.807) is 49.4 Å². The Kier molecular flexibility index (Phi) is 5.77. The first-order valence-electron chi connectivity index (χ1n) is 8.41. The van der Waals surface area contributed by atoms with Gasteiger partial charge in [0.2, 0.25) is 18.6 Å². The van der Waals surface area contributed by atoms with Crippen molar-refractivity contribution in [1.29, 1.82) is 0 Å². The van der Waals surface area contributed by atoms with Crippen LogP contribution >= 0.6 is 0 Å². The van der Waals surface area contributed by atoms with Gasteiger partial charge in [0.1, 0.15) is 12.6 Å². The van der Waals surface area contributed by atoms with E-state index in [1.165, 1.54) is 7.11 Å². The average Bonchev–Trinajstić information content (AvgIpc) is 3.11. The van der Waals surface area contributed by atoms with E-state index in [0.717, 1.165) is 5.69 Å². The predicted octanol–water partition coefficient (Wildman–Crippen LogP) is 2.44. The lowest BCUT2D eigenvalue weighted by Gasteiger charge is -2.16. The van der Waals surface area contributed by atoms with Crippen molar-refractivity contribution < 1.29 is 23.8 Å². The van der Waals surface area contributed by atoms with Crippen LogP contribution in [0.4, 0.5) is 17.1 Å². The summed E-state index contributed by atoms with van der Waals surface area (Å²) in [6, 6.07) is 11.8. The lowest BCUT2D eigenvalue weighted by atomic mass is 10.2. The Balaban J connectivity index is 1.54. The topological polar surface area (TPSA) is 97.9 Å². The lowest BCUT2D eigenvalue weighted by Crippen LogP contribution is -2.31. The maximum atomic E-state index is 12.4. The molecule has 2 amide bonds. The number of methoxy groups -OCH3 is 1. The molecule has 3 N–H and O–H groups in total. The number of amides is 2. The van der Waals surface area contributed by atoms with Gasteiger partial charge in [0.05, 0.1) is 0 Å². The average molecular weight is 371 g/mol. The van der Waals surface area contributed by atoms with Crippen molar-refractivity contribution in [2.24, 2.45) is 0 Å². The summed E-state index contributed by atoms with van der Waals surface area (Å²) in [4.78, 5) is 23.9. The third-order valence-corrected chi connectivity index (χ3v) is 3.86. The quantitative estimate of drug-likeness (QED) is 0.692. The van der Waals surface area contributed by atoms with Crippen LogP contribution in [0.1, 0.15) is 6.92 Å². The maximum absolute atomic E-state index is 12.4. The van der Waals surface area contributed by atoms with Gasteiger partial charge in [-0.05, 0) is 43.3 Å². The molecule has 1 aliphatic rings. The van der Waals surface area contributed by atoms with Gasteiger partial charge < -0.3 is 30.2 Å². The van der Waals surface area contributed by atoms with Crippen molar-refractivity contribution >= 4 is 28.9 Å². The molecule has 2 aromatic carbocycles. The van der Waals surface area contributed by atoms with Gasteiger partial charge in [-0.2, -0.15) is 0 Å². The van der Waals surface area contributed by atoms with Crippen LogP contribution in [0.5, 0.6) is 11.5 Å². The van der Waals surface area contributed by atoms with Crippen molar-refractivity contribution in [3.05, 3.63) is 42.5 Å². The molecule has 2 aromatic rings. The molecular formula is C19H21N3O5. The number of carbonyl (C=O) groups is 2. The Hall–Kier alpha value is -3.26. The molecule has 1 heterocycles. The number of anilines is 3. The first-order chi connectivity index (χ1) is 13.0. The van der Waals surface area contributed by atoms with Gasteiger partial charge in [0.15, 0.2) is 11.5 Å². The summed E-state index contributed by atoms with van der Waals surface area (Å²) in [5.74, 6) is 0.859. The summed E-state index contributed by atoms with van der Waals surface area (Å²) < 4.78 is 15.3. The second kappa shape index (κ2) is 8.41. The zero-order valence-corrected chi connectivity index (χ0v) is 15.1. The fourth-order valence-electron chi connectivity index (χ4n) is 2.52. The highest BCUT2D eigenvalue weighted by molar-refractivity contribution is 5.96. The molecule has 0 spiro atoms. The monoisotopic (exact) mass is 371 g/mol. The van der Waals surface area contributed by atoms with E-state index in [0.29, 0.717) is 22.9 Å². The third-order valence-electron chi connectivity index (χ3n) is 3.86. The highest BCUT2D eigenvalue weighted by atomic mass is 16.7. The van der Waals surface area contributed by atoms with Crippen LogP contribution in [0.15, 0.2) is 42.5 Å². The third kappa shape index (κ3) is 4.89. The van der Waals surface area contributed by atoms with Crippen LogP contribution in [0.3, 0.4) is 0 Å². The fraction of sp³-hybridized carbons (Fsp3) is 0.263. The SMILES string of the molecule is COCC(=O)Nc1ccc(NC(C)C(=O)Nc2ccc3c(c2)OCO3)cc1. The number of hydrogen-bond acceptors (Lipinski definition) is 6. The summed E-state index contributed by atoms with van der Waals surface area (Å²) in [5, 5.41) is 8.66. The summed E-state index contributed by atoms with van der Waals surface area (Å²) in [6.07, 6.45) is 0. The van der Waals surface area contributed by atoms with E-state index in [1.807, 2.05) is 0 Å². The Morgan fingerprint density at radius 3 is 2.41 bits per heavy atom. The van der Waals surface area contributed by atoms with Crippen molar-refractivity contribution in [3.63, 3.8) is 0 Å². The van der Waals surface area contributed by atoms with Crippen LogP contribution in [0, 0.1) is 0 Å². The van der Waals surface area contributed by atoms with Gasteiger partial charge in [0.25, 0.3) is 0 Å². The molecular weight excluding hydrogens is 350 g/mol. The summed E-state index contributed by atoms with van der Waals surface area (Å²) in [6.45, 7) is 1.94. The van der Waals surface area contributed by atoms with E-state index in [-0.39, 0.29) is 25.2 Å². The van der Waals surface area contributed by atoms with E-state index in [4.69, 9.17) is 14.2 Å². The van der Waals surface area contributed by atoms with Gasteiger partial charge in [-0.15, -0.1) is 0 Å². The minimum atomic E-state index is -0.468. The number of benzene rings is 2. The van der Waals surface area contributed by atoms with Crippen molar-refractivity contribution in [2.75, 3.05) is 36.5 Å². The first kappa shape index (κ1) is 18.5. The van der Waals surface area contributed by atoms with E-state index >= 15 is 0 Å². The van der Waals surface area contributed by atoms with Crippen molar-refractivity contribution in [1.82, 2.24) is 0 Å². The number of carbonyl (C=O) groups excluding carboxylic acids is 2. The largest absolute Gasteiger partial charge is 0.454 e. The molecule has 1 unspecified atom stereocenters. The zero-order chi connectivity index (χ0) is 19.2. The molecule has 0 fully saturated rings. The first-order valence-corrected chi connectivity index (χ1v) is 8.41. The van der Waals surface area contributed by atoms with Crippen LogP contribution in [0.25, 0.3) is 0 Å². The molecule has 0 saturated heterocycles. The maximum Gasteiger partial charge on any atom is 0.250 e. The fourth-order valence-corrected chi connectivity index (χ4v) is 2.52. The summed E-state index contributed by atoms with van der Waals surface area (Å²) in [5.41, 5.74) is 2.04. The Bertz CT molecular complexity index is 823. The smallest absolute Gasteiger partial charge is 0.250 e. The van der Waals surface area contributed by atoms with Gasteiger partial charge in [-0.25, -0.2) is 0 Å². The molecule has 27 heavy (non-hydrogen) atoms. The van der Waals surface area contributed by atoms with Gasteiger partial charge in [-0.1, -0.05) is 0 Å². The van der Waals surface area contributed by atoms with Crippen LogP contribution in [-0.2, 0) is 14.3 Å². The number of fused-ring (bicyclic) bond motifs is 1. The standard InChI is InChI=1S/C19H21N3O5/c1-12(19(24)22-15-7-8-16-17(9-15)27-11-26-16)20-13-3-5-14(6-4-13)21-18(23)10-25-2/h3-9,12,20H,10-11H2,1-2H3,(H,21,23)(H,22,24). The van der Waals surface area contributed by atoms with Crippen LogP contribution < -0.4 is 25.4 Å². The Morgan fingerprint density at radius 1 is 1.00 bits per heavy atom. The molecule has 3 rings (SSSR count). The highest BCUT2D eigenvalue weighted by Crippen LogP contribution is 2.34. The molecule has 8 heteroatoms. The predicted molar refractivity (Wildman–Crippen MR) is 101 cm³/mol. The van der Waals surface area contributed by atoms with E-state index < -0.39 is 6.04 Å². The highest BCUT2D eigenvalue weighted by Gasteiger charge is 2.17. The number of nitrogens with one attached hydrogen (secondary N) is 3. The lowest BCUT2D eigenvalue weighted by molar-refractivity contribution is -0.119. The molecule has 142 valence electrons. The molecule has 0 bridgehead atoms. The number of hydrogen-bond donors (Lipinski definition) is 3. The van der Waals surface area contributed by atoms with Gasteiger partial charge in [0, 0.05) is 30.2 Å². The van der Waals surface area contributed by atoms with E-state index in [9.17, 15) is 9.59 Å². The summed E-state index contributed by atoms with van der Waals surface area (Å²) >= 11 is 0. The van der Waals surface area contributed by atoms with Crippen molar-refractivity contribution in [3.8, 4) is 11.5 Å². The minimum absolute atomic E-state index is 0.00291. The summed E-state index contributed by atoms with van der Waals surface area (Å²) in [7, 11) is 1.46. The number of rotatable bonds is 7. The molecule has 0 saturated carbocycles. The Labute approximate surface area is 156 Å². The van der Waals surface area contributed by atoms with Crippen molar-refractivity contribution in [2.45, 2.75) is 13.0 Å². The van der Waals surface area contributed by atoms with Gasteiger partial charge in [-0.3, -0.25) is 9.59 Å². The minimum Gasteiger partial charge on any atom is -0.454 e. The van der Waals surface area contributed by atoms with Crippen LogP contribution in [0.2, 0.25) is 0 Å². The van der Waals surface area contributed by atoms with E-state index in [2.05, 4.69) is 16.0 Å². The second-order valence-electron chi connectivity index (χ2n) is 5.98.